The van der Waals surface area contributed by atoms with Crippen LogP contribution in [0.15, 0.2) is 34.7 Å². The lowest BCUT2D eigenvalue weighted by Crippen LogP contribution is -2.43. The quantitative estimate of drug-likeness (QED) is 0.871. The Morgan fingerprint density at radius 3 is 2.58 bits per heavy atom. The number of benzene rings is 1. The molecule has 1 aliphatic rings. The van der Waals surface area contributed by atoms with E-state index < -0.39 is 0 Å². The first kappa shape index (κ1) is 12.7. The van der Waals surface area contributed by atoms with Crippen LogP contribution >= 0.6 is 0 Å². The molecule has 1 aromatic heterocycles. The SMILES string of the molecule is CC(NC1CC(C(C)C)C1)c1cc2ccccc2o1. The van der Waals surface area contributed by atoms with E-state index in [1.54, 1.807) is 0 Å². The van der Waals surface area contributed by atoms with Gasteiger partial charge in [-0.3, -0.25) is 0 Å². The molecule has 0 saturated heterocycles. The predicted molar refractivity (Wildman–Crippen MR) is 79.1 cm³/mol. The average molecular weight is 257 g/mol. The van der Waals surface area contributed by atoms with Crippen LogP contribution in [0.25, 0.3) is 11.0 Å². The number of furan rings is 1. The molecule has 1 saturated carbocycles. The van der Waals surface area contributed by atoms with Crippen molar-refractivity contribution in [1.29, 1.82) is 0 Å². The van der Waals surface area contributed by atoms with E-state index in [1.165, 1.54) is 18.2 Å². The van der Waals surface area contributed by atoms with Gasteiger partial charge in [0.15, 0.2) is 0 Å². The molecule has 1 fully saturated rings. The summed E-state index contributed by atoms with van der Waals surface area (Å²) >= 11 is 0. The molecule has 1 aliphatic carbocycles. The molecule has 2 aromatic rings. The van der Waals surface area contributed by atoms with Gasteiger partial charge in [-0.15, -0.1) is 0 Å². The Hall–Kier alpha value is -1.28. The number of nitrogens with one attached hydrogen (secondary N) is 1. The van der Waals surface area contributed by atoms with Crippen molar-refractivity contribution in [2.45, 2.75) is 45.7 Å². The summed E-state index contributed by atoms with van der Waals surface area (Å²) in [7, 11) is 0. The highest BCUT2D eigenvalue weighted by atomic mass is 16.3. The van der Waals surface area contributed by atoms with Crippen molar-refractivity contribution >= 4 is 11.0 Å². The summed E-state index contributed by atoms with van der Waals surface area (Å²) < 4.78 is 5.91. The van der Waals surface area contributed by atoms with Gasteiger partial charge >= 0.3 is 0 Å². The van der Waals surface area contributed by atoms with Gasteiger partial charge in [0.1, 0.15) is 11.3 Å². The topological polar surface area (TPSA) is 25.2 Å². The predicted octanol–water partition coefficient (Wildman–Crippen LogP) is 4.52. The molecule has 2 heteroatoms. The molecule has 2 nitrogen and oxygen atoms in total. The minimum absolute atomic E-state index is 0.297. The molecule has 0 aliphatic heterocycles. The second-order valence-corrected chi connectivity index (χ2v) is 6.25. The Morgan fingerprint density at radius 2 is 1.89 bits per heavy atom. The molecule has 0 spiro atoms. The molecule has 102 valence electrons. The summed E-state index contributed by atoms with van der Waals surface area (Å²) in [5.41, 5.74) is 0.986. The summed E-state index contributed by atoms with van der Waals surface area (Å²) in [6.45, 7) is 6.84. The summed E-state index contributed by atoms with van der Waals surface area (Å²) in [5, 5.41) is 4.88. The van der Waals surface area contributed by atoms with Gasteiger partial charge in [0.2, 0.25) is 0 Å². The molecular formula is C17H23NO. The zero-order valence-electron chi connectivity index (χ0n) is 12.0. The Balaban J connectivity index is 1.63. The summed E-state index contributed by atoms with van der Waals surface area (Å²) in [6.07, 6.45) is 2.62. The highest BCUT2D eigenvalue weighted by Crippen LogP contribution is 2.35. The molecule has 3 rings (SSSR count). The molecule has 0 amide bonds. The minimum atomic E-state index is 0.297. The van der Waals surface area contributed by atoms with Crippen LogP contribution in [0, 0.1) is 11.8 Å². The number of rotatable bonds is 4. The van der Waals surface area contributed by atoms with Crippen LogP contribution in [0.4, 0.5) is 0 Å². The van der Waals surface area contributed by atoms with Gasteiger partial charge in [0, 0.05) is 11.4 Å². The molecule has 1 heterocycles. The summed E-state index contributed by atoms with van der Waals surface area (Å²) in [4.78, 5) is 0. The smallest absolute Gasteiger partial charge is 0.134 e. The van der Waals surface area contributed by atoms with Gasteiger partial charge < -0.3 is 9.73 Å². The van der Waals surface area contributed by atoms with Crippen LogP contribution in [-0.2, 0) is 0 Å². The van der Waals surface area contributed by atoms with Gasteiger partial charge in [-0.2, -0.15) is 0 Å². The number of hydrogen-bond acceptors (Lipinski definition) is 2. The molecule has 0 bridgehead atoms. The van der Waals surface area contributed by atoms with E-state index in [4.69, 9.17) is 4.42 Å². The largest absolute Gasteiger partial charge is 0.459 e. The molecule has 1 atom stereocenters. The fourth-order valence-corrected chi connectivity index (χ4v) is 2.99. The fourth-order valence-electron chi connectivity index (χ4n) is 2.99. The summed E-state index contributed by atoms with van der Waals surface area (Å²) in [5.74, 6) is 2.77. The second kappa shape index (κ2) is 5.01. The van der Waals surface area contributed by atoms with Crippen molar-refractivity contribution in [3.63, 3.8) is 0 Å². The van der Waals surface area contributed by atoms with Crippen LogP contribution in [0.3, 0.4) is 0 Å². The molecule has 1 aromatic carbocycles. The van der Waals surface area contributed by atoms with E-state index in [0.717, 1.165) is 23.2 Å². The van der Waals surface area contributed by atoms with Crippen molar-refractivity contribution in [3.8, 4) is 0 Å². The zero-order valence-corrected chi connectivity index (χ0v) is 12.0. The van der Waals surface area contributed by atoms with Gasteiger partial charge in [-0.25, -0.2) is 0 Å². The molecule has 1 unspecified atom stereocenters. The summed E-state index contributed by atoms with van der Waals surface area (Å²) in [6, 6.07) is 11.3. The minimum Gasteiger partial charge on any atom is -0.459 e. The lowest BCUT2D eigenvalue weighted by molar-refractivity contribution is 0.156. The highest BCUT2D eigenvalue weighted by molar-refractivity contribution is 5.77. The van der Waals surface area contributed by atoms with E-state index in [0.29, 0.717) is 12.1 Å². The standard InChI is InChI=1S/C17H23NO/c1-11(2)14-8-15(9-14)18-12(3)17-10-13-6-4-5-7-16(13)19-17/h4-7,10-12,14-15,18H,8-9H2,1-3H3. The Morgan fingerprint density at radius 1 is 1.16 bits per heavy atom. The van der Waals surface area contributed by atoms with Crippen LogP contribution < -0.4 is 5.32 Å². The second-order valence-electron chi connectivity index (χ2n) is 6.25. The van der Waals surface area contributed by atoms with Crippen molar-refractivity contribution in [1.82, 2.24) is 5.32 Å². The van der Waals surface area contributed by atoms with Crippen LogP contribution in [0.2, 0.25) is 0 Å². The van der Waals surface area contributed by atoms with Crippen LogP contribution in [0.1, 0.15) is 45.4 Å². The first-order chi connectivity index (χ1) is 9.13. The highest BCUT2D eigenvalue weighted by Gasteiger charge is 2.32. The van der Waals surface area contributed by atoms with E-state index in [1.807, 2.05) is 12.1 Å². The van der Waals surface area contributed by atoms with Crippen molar-refractivity contribution in [2.24, 2.45) is 11.8 Å². The Bertz CT molecular complexity index is 518. The van der Waals surface area contributed by atoms with E-state index >= 15 is 0 Å². The van der Waals surface area contributed by atoms with E-state index in [2.05, 4.69) is 44.3 Å². The van der Waals surface area contributed by atoms with Crippen LogP contribution in [-0.4, -0.2) is 6.04 Å². The maximum Gasteiger partial charge on any atom is 0.134 e. The van der Waals surface area contributed by atoms with Crippen molar-refractivity contribution in [3.05, 3.63) is 36.1 Å². The van der Waals surface area contributed by atoms with Crippen molar-refractivity contribution < 1.29 is 4.42 Å². The lowest BCUT2D eigenvalue weighted by Gasteiger charge is -2.39. The van der Waals surface area contributed by atoms with Crippen molar-refractivity contribution in [2.75, 3.05) is 0 Å². The van der Waals surface area contributed by atoms with E-state index in [-0.39, 0.29) is 0 Å². The lowest BCUT2D eigenvalue weighted by atomic mass is 9.73. The first-order valence-electron chi connectivity index (χ1n) is 7.38. The Labute approximate surface area is 115 Å². The zero-order chi connectivity index (χ0) is 13.4. The third kappa shape index (κ3) is 2.55. The average Bonchev–Trinajstić information content (AvgIpc) is 2.76. The van der Waals surface area contributed by atoms with Gasteiger partial charge in [0.05, 0.1) is 6.04 Å². The monoisotopic (exact) mass is 257 g/mol. The van der Waals surface area contributed by atoms with Crippen LogP contribution in [0.5, 0.6) is 0 Å². The molecule has 1 N–H and O–H groups in total. The number of fused-ring (bicyclic) bond motifs is 1. The van der Waals surface area contributed by atoms with Gasteiger partial charge in [-0.1, -0.05) is 32.0 Å². The maximum absolute atomic E-state index is 5.91. The fraction of sp³-hybridized carbons (Fsp3) is 0.529. The third-order valence-electron chi connectivity index (χ3n) is 4.47. The number of para-hydroxylation sites is 1. The molecule has 19 heavy (non-hydrogen) atoms. The van der Waals surface area contributed by atoms with Gasteiger partial charge in [-0.05, 0) is 43.7 Å². The maximum atomic E-state index is 5.91. The Kier molecular flexibility index (Phi) is 3.36. The van der Waals surface area contributed by atoms with E-state index in [9.17, 15) is 0 Å². The number of hydrogen-bond donors (Lipinski definition) is 1. The van der Waals surface area contributed by atoms with Gasteiger partial charge in [0.25, 0.3) is 0 Å². The molecule has 0 radical (unpaired) electrons. The normalized spacial score (nSPS) is 24.6. The molecular weight excluding hydrogens is 234 g/mol. The first-order valence-corrected chi connectivity index (χ1v) is 7.38. The third-order valence-corrected chi connectivity index (χ3v) is 4.47.